The molecule has 10 nitrogen and oxygen atoms in total. The molecule has 0 fully saturated rings. The molecule has 0 aliphatic rings. The Labute approximate surface area is 222 Å². The lowest BCUT2D eigenvalue weighted by atomic mass is 10.0. The Hall–Kier alpha value is -4.52. The maximum atomic E-state index is 13.7. The molecule has 0 aliphatic carbocycles. The fraction of sp³-hybridized carbons (Fsp3) is 0.357. The third-order valence-electron chi connectivity index (χ3n) is 5.33. The van der Waals surface area contributed by atoms with E-state index in [0.29, 0.717) is 22.6 Å². The third kappa shape index (κ3) is 8.55. The summed E-state index contributed by atoms with van der Waals surface area (Å²) >= 11 is 0. The molecule has 2 aromatic carbocycles. The predicted octanol–water partition coefficient (Wildman–Crippen LogP) is 2.97. The number of carbonyl (C=O) groups is 4. The van der Waals surface area contributed by atoms with Gasteiger partial charge in [0.2, 0.25) is 11.8 Å². The number of terminal acetylenes is 1. The van der Waals surface area contributed by atoms with Crippen molar-refractivity contribution in [2.45, 2.75) is 51.8 Å². The van der Waals surface area contributed by atoms with E-state index in [1.165, 1.54) is 12.0 Å². The first-order chi connectivity index (χ1) is 17.9. The van der Waals surface area contributed by atoms with Gasteiger partial charge in [0.05, 0.1) is 13.5 Å². The van der Waals surface area contributed by atoms with Crippen molar-refractivity contribution in [2.75, 3.05) is 19.0 Å². The highest BCUT2D eigenvalue weighted by molar-refractivity contribution is 5.99. The van der Waals surface area contributed by atoms with Crippen LogP contribution in [0.1, 0.15) is 51.3 Å². The molecule has 4 N–H and O–H groups in total. The highest BCUT2D eigenvalue weighted by Crippen LogP contribution is 2.26. The molecular formula is C28H34N4O6. The Balaban J connectivity index is 2.46. The number of nitrogens with two attached hydrogens (primary N) is 1. The van der Waals surface area contributed by atoms with Crippen LogP contribution in [-0.4, -0.2) is 54.0 Å². The second-order valence-corrected chi connectivity index (χ2v) is 9.38. The van der Waals surface area contributed by atoms with Crippen LogP contribution in [0.5, 0.6) is 5.75 Å². The number of rotatable bonds is 10. The SMILES string of the molecule is C#Cc1ccc(C(C(=O)Nc2ccc(OC)cc2)N(CC)C(=O)C(CC(N)=O)NC(=O)OC(C)(C)C)cc1. The quantitative estimate of drug-likeness (QED) is 0.410. The summed E-state index contributed by atoms with van der Waals surface area (Å²) in [5.41, 5.74) is 6.07. The van der Waals surface area contributed by atoms with Crippen molar-refractivity contribution in [3.8, 4) is 18.1 Å². The van der Waals surface area contributed by atoms with E-state index in [-0.39, 0.29) is 6.54 Å². The van der Waals surface area contributed by atoms with Gasteiger partial charge in [0.15, 0.2) is 0 Å². The van der Waals surface area contributed by atoms with Crippen LogP contribution >= 0.6 is 0 Å². The molecule has 0 saturated heterocycles. The smallest absolute Gasteiger partial charge is 0.408 e. The first kappa shape index (κ1) is 29.7. The summed E-state index contributed by atoms with van der Waals surface area (Å²) in [6, 6.07) is 10.8. The number of hydrogen-bond acceptors (Lipinski definition) is 6. The van der Waals surface area contributed by atoms with Crippen LogP contribution in [0.25, 0.3) is 0 Å². The van der Waals surface area contributed by atoms with Gasteiger partial charge in [-0.25, -0.2) is 4.79 Å². The first-order valence-electron chi connectivity index (χ1n) is 12.0. The van der Waals surface area contributed by atoms with Crippen LogP contribution < -0.4 is 21.1 Å². The minimum atomic E-state index is -1.36. The second kappa shape index (κ2) is 13.1. The molecule has 0 aliphatic heterocycles. The maximum absolute atomic E-state index is 13.7. The standard InChI is InChI=1S/C28H34N4O6/c1-7-18-9-11-19(12-10-18)24(25(34)30-20-13-15-21(37-6)16-14-20)32(8-2)26(35)22(17-23(29)33)31-27(36)38-28(3,4)5/h1,9-16,22,24H,8,17H2,2-6H3,(H2,29,33)(H,30,34)(H,31,36). The van der Waals surface area contributed by atoms with Crippen molar-refractivity contribution in [3.05, 3.63) is 59.7 Å². The molecule has 0 heterocycles. The summed E-state index contributed by atoms with van der Waals surface area (Å²) in [6.07, 6.45) is 4.09. The van der Waals surface area contributed by atoms with E-state index in [1.807, 2.05) is 0 Å². The third-order valence-corrected chi connectivity index (χ3v) is 5.33. The number of anilines is 1. The topological polar surface area (TPSA) is 140 Å². The van der Waals surface area contributed by atoms with Crippen LogP contribution in [0.4, 0.5) is 10.5 Å². The summed E-state index contributed by atoms with van der Waals surface area (Å²) < 4.78 is 10.4. The normalized spacial score (nSPS) is 12.3. The zero-order valence-electron chi connectivity index (χ0n) is 22.2. The number of nitrogens with zero attached hydrogens (tertiary/aromatic N) is 1. The molecular weight excluding hydrogens is 488 g/mol. The van der Waals surface area contributed by atoms with Crippen LogP contribution in [0.15, 0.2) is 48.5 Å². The average molecular weight is 523 g/mol. The number of methoxy groups -OCH3 is 1. The summed E-state index contributed by atoms with van der Waals surface area (Å²) in [6.45, 7) is 6.73. The van der Waals surface area contributed by atoms with Gasteiger partial charge in [0.1, 0.15) is 23.4 Å². The van der Waals surface area contributed by atoms with Gasteiger partial charge < -0.3 is 30.7 Å². The van der Waals surface area contributed by atoms with Crippen molar-refractivity contribution < 1.29 is 28.7 Å². The highest BCUT2D eigenvalue weighted by Gasteiger charge is 2.36. The number of hydrogen-bond donors (Lipinski definition) is 3. The predicted molar refractivity (Wildman–Crippen MR) is 143 cm³/mol. The van der Waals surface area contributed by atoms with Gasteiger partial charge in [-0.3, -0.25) is 14.4 Å². The molecule has 2 atom stereocenters. The number of likely N-dealkylation sites (N-methyl/N-ethyl adjacent to an activating group) is 1. The molecule has 0 radical (unpaired) electrons. The van der Waals surface area contributed by atoms with E-state index in [2.05, 4.69) is 16.6 Å². The van der Waals surface area contributed by atoms with Crippen LogP contribution in [0, 0.1) is 12.3 Å². The lowest BCUT2D eigenvalue weighted by Gasteiger charge is -2.33. The minimum absolute atomic E-state index is 0.0711. The first-order valence-corrected chi connectivity index (χ1v) is 12.0. The summed E-state index contributed by atoms with van der Waals surface area (Å²) in [7, 11) is 1.53. The van der Waals surface area contributed by atoms with Gasteiger partial charge in [-0.1, -0.05) is 18.1 Å². The van der Waals surface area contributed by atoms with Crippen molar-refractivity contribution in [1.29, 1.82) is 0 Å². The summed E-state index contributed by atoms with van der Waals surface area (Å²) in [4.78, 5) is 52.8. The lowest BCUT2D eigenvalue weighted by molar-refractivity contribution is -0.141. The van der Waals surface area contributed by atoms with Crippen LogP contribution in [-0.2, 0) is 19.1 Å². The van der Waals surface area contributed by atoms with Gasteiger partial charge in [0.25, 0.3) is 5.91 Å². The number of amides is 4. The van der Waals surface area contributed by atoms with E-state index < -0.39 is 47.9 Å². The van der Waals surface area contributed by atoms with Crippen molar-refractivity contribution in [1.82, 2.24) is 10.2 Å². The second-order valence-electron chi connectivity index (χ2n) is 9.38. The van der Waals surface area contributed by atoms with Gasteiger partial charge in [-0.05, 0) is 69.7 Å². The fourth-order valence-corrected chi connectivity index (χ4v) is 3.64. The van der Waals surface area contributed by atoms with E-state index in [0.717, 1.165) is 0 Å². The Morgan fingerprint density at radius 1 is 1.05 bits per heavy atom. The molecule has 0 bridgehead atoms. The Morgan fingerprint density at radius 3 is 2.13 bits per heavy atom. The zero-order chi connectivity index (χ0) is 28.5. The zero-order valence-corrected chi connectivity index (χ0v) is 22.2. The molecule has 2 unspecified atom stereocenters. The van der Waals surface area contributed by atoms with Gasteiger partial charge in [-0.15, -0.1) is 6.42 Å². The molecule has 38 heavy (non-hydrogen) atoms. The van der Waals surface area contributed by atoms with E-state index in [4.69, 9.17) is 21.6 Å². The maximum Gasteiger partial charge on any atom is 0.408 e. The summed E-state index contributed by atoms with van der Waals surface area (Å²) in [5.74, 6) is 1.10. The van der Waals surface area contributed by atoms with E-state index >= 15 is 0 Å². The number of carbonyl (C=O) groups excluding carboxylic acids is 4. The fourth-order valence-electron chi connectivity index (χ4n) is 3.64. The van der Waals surface area contributed by atoms with E-state index in [1.54, 1.807) is 76.2 Å². The van der Waals surface area contributed by atoms with E-state index in [9.17, 15) is 19.2 Å². The van der Waals surface area contributed by atoms with Crippen molar-refractivity contribution in [3.63, 3.8) is 0 Å². The molecule has 0 aromatic heterocycles. The van der Waals surface area contributed by atoms with Gasteiger partial charge >= 0.3 is 6.09 Å². The molecule has 0 saturated carbocycles. The molecule has 4 amide bonds. The molecule has 10 heteroatoms. The monoisotopic (exact) mass is 522 g/mol. The number of nitrogens with one attached hydrogen (secondary N) is 2. The van der Waals surface area contributed by atoms with Crippen molar-refractivity contribution in [2.24, 2.45) is 5.73 Å². The number of alkyl carbamates (subject to hydrolysis) is 1. The molecule has 2 aromatic rings. The molecule has 2 rings (SSSR count). The lowest BCUT2D eigenvalue weighted by Crippen LogP contribution is -2.53. The van der Waals surface area contributed by atoms with Gasteiger partial charge in [-0.2, -0.15) is 0 Å². The minimum Gasteiger partial charge on any atom is -0.497 e. The Morgan fingerprint density at radius 2 is 1.66 bits per heavy atom. The van der Waals surface area contributed by atoms with Crippen LogP contribution in [0.2, 0.25) is 0 Å². The number of benzene rings is 2. The Kier molecular flexibility index (Phi) is 10.3. The van der Waals surface area contributed by atoms with Crippen LogP contribution in [0.3, 0.4) is 0 Å². The van der Waals surface area contributed by atoms with Gasteiger partial charge in [0, 0.05) is 17.8 Å². The Bertz CT molecular complexity index is 1180. The highest BCUT2D eigenvalue weighted by atomic mass is 16.6. The number of ether oxygens (including phenoxy) is 2. The number of primary amides is 1. The summed E-state index contributed by atoms with van der Waals surface area (Å²) in [5, 5.41) is 5.23. The molecule has 0 spiro atoms. The average Bonchev–Trinajstić information content (AvgIpc) is 2.85. The largest absolute Gasteiger partial charge is 0.497 e. The molecule has 202 valence electrons. The van der Waals surface area contributed by atoms with Crippen molar-refractivity contribution >= 4 is 29.5 Å².